The highest BCUT2D eigenvalue weighted by atomic mass is 16.5. The standard InChI is InChI=1S/C17H23NO6/c1-22-9-7-15(17(20)21)18-16(19)12-4-2-5-13(10-12)24-11-14-6-3-8-23-14/h2,4-5,10,14-15H,3,6-9,11H2,1H3,(H,18,19)(H,20,21). The summed E-state index contributed by atoms with van der Waals surface area (Å²) in [6.45, 7) is 1.45. The molecule has 1 aliphatic rings. The molecule has 0 radical (unpaired) electrons. The maximum absolute atomic E-state index is 12.2. The molecule has 0 aromatic heterocycles. The molecule has 1 heterocycles. The van der Waals surface area contributed by atoms with E-state index in [9.17, 15) is 9.59 Å². The van der Waals surface area contributed by atoms with Crippen LogP contribution in [-0.4, -0.2) is 56.1 Å². The summed E-state index contributed by atoms with van der Waals surface area (Å²) in [4.78, 5) is 23.4. The third-order valence-electron chi connectivity index (χ3n) is 3.77. The monoisotopic (exact) mass is 337 g/mol. The molecule has 1 saturated heterocycles. The molecule has 0 saturated carbocycles. The van der Waals surface area contributed by atoms with Crippen molar-refractivity contribution < 1.29 is 28.9 Å². The van der Waals surface area contributed by atoms with Crippen LogP contribution in [0.2, 0.25) is 0 Å². The predicted octanol–water partition coefficient (Wildman–Crippen LogP) is 1.46. The molecule has 1 aromatic carbocycles. The van der Waals surface area contributed by atoms with E-state index >= 15 is 0 Å². The molecule has 0 bridgehead atoms. The van der Waals surface area contributed by atoms with Crippen molar-refractivity contribution in [1.82, 2.24) is 5.32 Å². The second kappa shape index (κ2) is 9.24. The Kier molecular flexibility index (Phi) is 7.02. The van der Waals surface area contributed by atoms with Gasteiger partial charge >= 0.3 is 5.97 Å². The number of carbonyl (C=O) groups is 2. The average molecular weight is 337 g/mol. The molecule has 132 valence electrons. The van der Waals surface area contributed by atoms with Gasteiger partial charge in [0.1, 0.15) is 18.4 Å². The van der Waals surface area contributed by atoms with Gasteiger partial charge in [-0.15, -0.1) is 0 Å². The Morgan fingerprint density at radius 2 is 2.29 bits per heavy atom. The highest BCUT2D eigenvalue weighted by Gasteiger charge is 2.21. The number of nitrogens with one attached hydrogen (secondary N) is 1. The number of hydrogen-bond acceptors (Lipinski definition) is 5. The molecule has 1 fully saturated rings. The minimum absolute atomic E-state index is 0.0907. The summed E-state index contributed by atoms with van der Waals surface area (Å²) in [5.41, 5.74) is 0.350. The Morgan fingerprint density at radius 3 is 2.96 bits per heavy atom. The fourth-order valence-corrected chi connectivity index (χ4v) is 2.43. The molecule has 0 aliphatic carbocycles. The Hall–Kier alpha value is -2.12. The Bertz CT molecular complexity index is 556. The van der Waals surface area contributed by atoms with Crippen molar-refractivity contribution in [3.05, 3.63) is 29.8 Å². The number of carboxylic acids is 1. The lowest BCUT2D eigenvalue weighted by atomic mass is 10.1. The molecule has 0 spiro atoms. The van der Waals surface area contributed by atoms with Crippen molar-refractivity contribution >= 4 is 11.9 Å². The van der Waals surface area contributed by atoms with Crippen LogP contribution >= 0.6 is 0 Å². The first-order valence-electron chi connectivity index (χ1n) is 7.97. The van der Waals surface area contributed by atoms with Crippen LogP contribution < -0.4 is 10.1 Å². The van der Waals surface area contributed by atoms with Gasteiger partial charge in [-0.3, -0.25) is 4.79 Å². The van der Waals surface area contributed by atoms with Gasteiger partial charge < -0.3 is 24.6 Å². The summed E-state index contributed by atoms with van der Waals surface area (Å²) in [6.07, 6.45) is 2.30. The van der Waals surface area contributed by atoms with E-state index in [4.69, 9.17) is 19.3 Å². The number of methoxy groups -OCH3 is 1. The van der Waals surface area contributed by atoms with E-state index in [0.29, 0.717) is 17.9 Å². The lowest BCUT2D eigenvalue weighted by molar-refractivity contribution is -0.139. The number of hydrogen-bond donors (Lipinski definition) is 2. The molecular formula is C17H23NO6. The maximum atomic E-state index is 12.2. The number of benzene rings is 1. The number of ether oxygens (including phenoxy) is 3. The van der Waals surface area contributed by atoms with Crippen LogP contribution in [0.1, 0.15) is 29.6 Å². The van der Waals surface area contributed by atoms with E-state index < -0.39 is 17.9 Å². The van der Waals surface area contributed by atoms with Gasteiger partial charge in [0, 0.05) is 32.3 Å². The van der Waals surface area contributed by atoms with Crippen LogP contribution in [-0.2, 0) is 14.3 Å². The lowest BCUT2D eigenvalue weighted by Crippen LogP contribution is -2.41. The van der Waals surface area contributed by atoms with Crippen molar-refractivity contribution in [2.24, 2.45) is 0 Å². The summed E-state index contributed by atoms with van der Waals surface area (Å²) in [5, 5.41) is 11.6. The highest BCUT2D eigenvalue weighted by Crippen LogP contribution is 2.17. The quantitative estimate of drug-likeness (QED) is 0.708. The average Bonchev–Trinajstić information content (AvgIpc) is 3.10. The van der Waals surface area contributed by atoms with Gasteiger partial charge in [-0.1, -0.05) is 6.07 Å². The lowest BCUT2D eigenvalue weighted by Gasteiger charge is -2.15. The second-order valence-corrected chi connectivity index (χ2v) is 5.62. The van der Waals surface area contributed by atoms with Gasteiger partial charge in [0.2, 0.25) is 0 Å². The zero-order valence-electron chi connectivity index (χ0n) is 13.7. The van der Waals surface area contributed by atoms with Crippen LogP contribution in [0.15, 0.2) is 24.3 Å². The van der Waals surface area contributed by atoms with Crippen LogP contribution in [0.4, 0.5) is 0 Å². The van der Waals surface area contributed by atoms with Crippen LogP contribution in [0.5, 0.6) is 5.75 Å². The summed E-state index contributed by atoms with van der Waals surface area (Å²) in [7, 11) is 1.48. The normalized spacial score (nSPS) is 18.1. The number of aliphatic carboxylic acids is 1. The van der Waals surface area contributed by atoms with Gasteiger partial charge in [-0.2, -0.15) is 0 Å². The van der Waals surface area contributed by atoms with Gasteiger partial charge in [0.15, 0.2) is 0 Å². The third kappa shape index (κ3) is 5.50. The van der Waals surface area contributed by atoms with E-state index in [1.54, 1.807) is 24.3 Å². The largest absolute Gasteiger partial charge is 0.491 e. The van der Waals surface area contributed by atoms with E-state index in [-0.39, 0.29) is 19.1 Å². The maximum Gasteiger partial charge on any atom is 0.326 e. The van der Waals surface area contributed by atoms with E-state index in [1.807, 2.05) is 0 Å². The van der Waals surface area contributed by atoms with Crippen molar-refractivity contribution in [1.29, 1.82) is 0 Å². The molecular weight excluding hydrogens is 314 g/mol. The fraction of sp³-hybridized carbons (Fsp3) is 0.529. The third-order valence-corrected chi connectivity index (χ3v) is 3.77. The van der Waals surface area contributed by atoms with E-state index in [2.05, 4.69) is 5.32 Å². The minimum atomic E-state index is -1.09. The summed E-state index contributed by atoms with van der Waals surface area (Å²) in [5.74, 6) is -0.992. The smallest absolute Gasteiger partial charge is 0.326 e. The molecule has 7 nitrogen and oxygen atoms in total. The summed E-state index contributed by atoms with van der Waals surface area (Å²) >= 11 is 0. The summed E-state index contributed by atoms with van der Waals surface area (Å²) in [6, 6.07) is 5.67. The summed E-state index contributed by atoms with van der Waals surface area (Å²) < 4.78 is 16.0. The number of carbonyl (C=O) groups excluding carboxylic acids is 1. The number of rotatable bonds is 9. The predicted molar refractivity (Wildman–Crippen MR) is 86.3 cm³/mol. The number of amides is 1. The SMILES string of the molecule is COCCC(NC(=O)c1cccc(OCC2CCCO2)c1)C(=O)O. The van der Waals surface area contributed by atoms with Crippen LogP contribution in [0.3, 0.4) is 0 Å². The van der Waals surface area contributed by atoms with E-state index in [0.717, 1.165) is 19.4 Å². The Balaban J connectivity index is 1.93. The van der Waals surface area contributed by atoms with Crippen molar-refractivity contribution in [2.75, 3.05) is 26.9 Å². The highest BCUT2D eigenvalue weighted by molar-refractivity contribution is 5.96. The van der Waals surface area contributed by atoms with Crippen molar-refractivity contribution in [3.63, 3.8) is 0 Å². The van der Waals surface area contributed by atoms with Gasteiger partial charge in [0.05, 0.1) is 6.10 Å². The molecule has 2 rings (SSSR count). The zero-order valence-corrected chi connectivity index (χ0v) is 13.7. The Morgan fingerprint density at radius 1 is 1.46 bits per heavy atom. The molecule has 2 atom stereocenters. The van der Waals surface area contributed by atoms with Crippen LogP contribution in [0.25, 0.3) is 0 Å². The first-order chi connectivity index (χ1) is 11.6. The first-order valence-corrected chi connectivity index (χ1v) is 7.97. The van der Waals surface area contributed by atoms with Crippen molar-refractivity contribution in [2.45, 2.75) is 31.4 Å². The minimum Gasteiger partial charge on any atom is -0.491 e. The van der Waals surface area contributed by atoms with Crippen LogP contribution in [0, 0.1) is 0 Å². The van der Waals surface area contributed by atoms with Gasteiger partial charge in [-0.05, 0) is 31.0 Å². The Labute approximate surface area is 140 Å². The zero-order chi connectivity index (χ0) is 17.4. The van der Waals surface area contributed by atoms with Gasteiger partial charge in [0.25, 0.3) is 5.91 Å². The molecule has 7 heteroatoms. The number of carboxylic acid groups (broad SMARTS) is 1. The molecule has 1 aromatic rings. The topological polar surface area (TPSA) is 94.1 Å². The van der Waals surface area contributed by atoms with Gasteiger partial charge in [-0.25, -0.2) is 4.79 Å². The first kappa shape index (κ1) is 18.2. The molecule has 24 heavy (non-hydrogen) atoms. The molecule has 1 aliphatic heterocycles. The molecule has 2 unspecified atom stereocenters. The van der Waals surface area contributed by atoms with Crippen molar-refractivity contribution in [3.8, 4) is 5.75 Å². The second-order valence-electron chi connectivity index (χ2n) is 5.62. The van der Waals surface area contributed by atoms with E-state index in [1.165, 1.54) is 7.11 Å². The fourth-order valence-electron chi connectivity index (χ4n) is 2.43. The molecule has 2 N–H and O–H groups in total. The molecule has 1 amide bonds.